The minimum Gasteiger partial charge on any atom is -0.460 e. The summed E-state index contributed by atoms with van der Waals surface area (Å²) in [5, 5.41) is 0.109. The molecule has 0 unspecified atom stereocenters. The van der Waals surface area contributed by atoms with Gasteiger partial charge in [-0.2, -0.15) is 4.31 Å². The van der Waals surface area contributed by atoms with Crippen LogP contribution in [0.3, 0.4) is 0 Å². The van der Waals surface area contributed by atoms with Gasteiger partial charge in [0.1, 0.15) is 17.3 Å². The van der Waals surface area contributed by atoms with Gasteiger partial charge in [0.2, 0.25) is 10.0 Å². The summed E-state index contributed by atoms with van der Waals surface area (Å²) < 4.78 is 45.8. The molecule has 0 aliphatic carbocycles. The second kappa shape index (κ2) is 8.78. The second-order valence-electron chi connectivity index (χ2n) is 6.43. The lowest BCUT2D eigenvalue weighted by molar-refractivity contribution is -0.151. The van der Waals surface area contributed by atoms with Crippen LogP contribution in [-0.2, 0) is 26.2 Å². The maximum Gasteiger partial charge on any atom is 0.309 e. The zero-order valence-electron chi connectivity index (χ0n) is 14.8. The highest BCUT2D eigenvalue weighted by Crippen LogP contribution is 2.33. The van der Waals surface area contributed by atoms with E-state index in [9.17, 15) is 17.6 Å². The number of sulfonamides is 1. The smallest absolute Gasteiger partial charge is 0.309 e. The molecule has 2 aromatic rings. The predicted octanol–water partition coefficient (Wildman–Crippen LogP) is 4.28. The van der Waals surface area contributed by atoms with E-state index >= 15 is 0 Å². The summed E-state index contributed by atoms with van der Waals surface area (Å²) in [6, 6.07) is 10.6. The molecule has 150 valence electrons. The molecular formula is C19H18Cl2FNO4S. The Morgan fingerprint density at radius 2 is 1.68 bits per heavy atom. The molecule has 0 bridgehead atoms. The number of esters is 1. The molecular weight excluding hydrogens is 428 g/mol. The van der Waals surface area contributed by atoms with Gasteiger partial charge < -0.3 is 4.74 Å². The van der Waals surface area contributed by atoms with E-state index in [-0.39, 0.29) is 34.6 Å². The van der Waals surface area contributed by atoms with E-state index in [0.717, 1.165) is 0 Å². The first-order valence-corrected chi connectivity index (χ1v) is 10.8. The van der Waals surface area contributed by atoms with E-state index in [0.29, 0.717) is 18.4 Å². The monoisotopic (exact) mass is 445 g/mol. The lowest BCUT2D eigenvalue weighted by Gasteiger charge is -2.30. The molecule has 2 aromatic carbocycles. The summed E-state index contributed by atoms with van der Waals surface area (Å²) >= 11 is 12.1. The maximum absolute atomic E-state index is 13.6. The third kappa shape index (κ3) is 4.49. The zero-order chi connectivity index (χ0) is 20.3. The minimum absolute atomic E-state index is 0.0546. The van der Waals surface area contributed by atoms with Crippen LogP contribution in [0.25, 0.3) is 0 Å². The van der Waals surface area contributed by atoms with Gasteiger partial charge in [-0.3, -0.25) is 4.79 Å². The normalized spacial score (nSPS) is 16.1. The maximum atomic E-state index is 13.6. The quantitative estimate of drug-likeness (QED) is 0.644. The van der Waals surface area contributed by atoms with Gasteiger partial charge in [-0.25, -0.2) is 12.8 Å². The van der Waals surface area contributed by atoms with E-state index in [1.165, 1.54) is 22.5 Å². The van der Waals surface area contributed by atoms with Crippen LogP contribution in [0, 0.1) is 11.7 Å². The lowest BCUT2D eigenvalue weighted by atomic mass is 9.98. The first-order chi connectivity index (χ1) is 13.3. The predicted molar refractivity (Wildman–Crippen MR) is 104 cm³/mol. The van der Waals surface area contributed by atoms with Crippen LogP contribution in [0.1, 0.15) is 18.4 Å². The SMILES string of the molecule is O=C(OCc1ccccc1F)C1CCN(S(=O)(=O)c2c(Cl)cccc2Cl)CC1. The lowest BCUT2D eigenvalue weighted by Crippen LogP contribution is -2.40. The van der Waals surface area contributed by atoms with Crippen molar-refractivity contribution in [1.82, 2.24) is 4.31 Å². The van der Waals surface area contributed by atoms with Crippen molar-refractivity contribution in [3.8, 4) is 0 Å². The molecule has 0 N–H and O–H groups in total. The number of benzene rings is 2. The summed E-state index contributed by atoms with van der Waals surface area (Å²) in [6.07, 6.45) is 0.606. The van der Waals surface area contributed by atoms with Gasteiger partial charge in [0, 0.05) is 18.7 Å². The summed E-state index contributed by atoms with van der Waals surface area (Å²) in [5.74, 6) is -1.34. The van der Waals surface area contributed by atoms with Crippen LogP contribution >= 0.6 is 23.2 Å². The number of halogens is 3. The molecule has 28 heavy (non-hydrogen) atoms. The Labute approximate surface area is 173 Å². The number of ether oxygens (including phenoxy) is 1. The largest absolute Gasteiger partial charge is 0.460 e. The fourth-order valence-corrected chi connectivity index (χ4v) is 5.63. The van der Waals surface area contributed by atoms with Gasteiger partial charge >= 0.3 is 5.97 Å². The van der Waals surface area contributed by atoms with Gasteiger partial charge in [-0.1, -0.05) is 47.5 Å². The highest BCUT2D eigenvalue weighted by atomic mass is 35.5. The van der Waals surface area contributed by atoms with Crippen molar-refractivity contribution in [3.63, 3.8) is 0 Å². The van der Waals surface area contributed by atoms with Crippen molar-refractivity contribution >= 4 is 39.2 Å². The summed E-state index contributed by atoms with van der Waals surface area (Å²) in [5.41, 5.74) is 0.296. The summed E-state index contributed by atoms with van der Waals surface area (Å²) in [4.78, 5) is 12.1. The van der Waals surface area contributed by atoms with Gasteiger partial charge in [-0.15, -0.1) is 0 Å². The van der Waals surface area contributed by atoms with Crippen LogP contribution < -0.4 is 0 Å². The van der Waals surface area contributed by atoms with Crippen molar-refractivity contribution in [2.45, 2.75) is 24.3 Å². The van der Waals surface area contributed by atoms with Gasteiger partial charge in [0.25, 0.3) is 0 Å². The number of piperidine rings is 1. The molecule has 1 aliphatic heterocycles. The standard InChI is InChI=1S/C19H18Cl2FNO4S/c20-15-5-3-6-16(21)18(15)28(25,26)23-10-8-13(9-11-23)19(24)27-12-14-4-1-2-7-17(14)22/h1-7,13H,8-12H2. The highest BCUT2D eigenvalue weighted by molar-refractivity contribution is 7.89. The molecule has 0 radical (unpaired) electrons. The number of carbonyl (C=O) groups is 1. The first kappa shape index (κ1) is 21.0. The Bertz CT molecular complexity index is 955. The van der Waals surface area contributed by atoms with Crippen molar-refractivity contribution < 1.29 is 22.3 Å². The number of nitrogens with zero attached hydrogens (tertiary/aromatic N) is 1. The van der Waals surface area contributed by atoms with Crippen molar-refractivity contribution in [2.24, 2.45) is 5.92 Å². The molecule has 0 saturated carbocycles. The third-order valence-electron chi connectivity index (χ3n) is 4.63. The van der Waals surface area contributed by atoms with Crippen molar-refractivity contribution in [1.29, 1.82) is 0 Å². The third-order valence-corrected chi connectivity index (χ3v) is 7.49. The fourth-order valence-electron chi connectivity index (χ4n) is 3.07. The zero-order valence-corrected chi connectivity index (χ0v) is 17.1. The number of hydrogen-bond donors (Lipinski definition) is 0. The Morgan fingerprint density at radius 3 is 2.29 bits per heavy atom. The molecule has 9 heteroatoms. The molecule has 5 nitrogen and oxygen atoms in total. The minimum atomic E-state index is -3.87. The first-order valence-electron chi connectivity index (χ1n) is 8.65. The second-order valence-corrected chi connectivity index (χ2v) is 9.12. The molecule has 0 spiro atoms. The Morgan fingerprint density at radius 1 is 1.07 bits per heavy atom. The number of rotatable bonds is 5. The van der Waals surface area contributed by atoms with Crippen molar-refractivity contribution in [3.05, 3.63) is 63.9 Å². The van der Waals surface area contributed by atoms with Crippen LogP contribution in [0.5, 0.6) is 0 Å². The molecule has 1 heterocycles. The van der Waals surface area contributed by atoms with E-state index in [1.54, 1.807) is 24.3 Å². The highest BCUT2D eigenvalue weighted by Gasteiger charge is 2.35. The average Bonchev–Trinajstić information content (AvgIpc) is 2.67. The average molecular weight is 446 g/mol. The Balaban J connectivity index is 1.61. The van der Waals surface area contributed by atoms with Gasteiger partial charge in [0.05, 0.1) is 16.0 Å². The topological polar surface area (TPSA) is 63.7 Å². The molecule has 0 amide bonds. The molecule has 1 aliphatic rings. The van der Waals surface area contributed by atoms with E-state index in [2.05, 4.69) is 0 Å². The van der Waals surface area contributed by atoms with E-state index in [1.807, 2.05) is 0 Å². The van der Waals surface area contributed by atoms with E-state index < -0.39 is 27.7 Å². The number of hydrogen-bond acceptors (Lipinski definition) is 4. The summed E-state index contributed by atoms with van der Waals surface area (Å²) in [6.45, 7) is 0.131. The van der Waals surface area contributed by atoms with Gasteiger partial charge in [0.15, 0.2) is 0 Å². The molecule has 3 rings (SSSR count). The fraction of sp³-hybridized carbons (Fsp3) is 0.316. The Hall–Kier alpha value is -1.67. The Kier molecular flexibility index (Phi) is 6.60. The van der Waals surface area contributed by atoms with Crippen LogP contribution in [0.15, 0.2) is 47.4 Å². The van der Waals surface area contributed by atoms with Crippen LogP contribution in [0.4, 0.5) is 4.39 Å². The molecule has 0 aromatic heterocycles. The molecule has 1 fully saturated rings. The molecule has 1 saturated heterocycles. The van der Waals surface area contributed by atoms with E-state index in [4.69, 9.17) is 27.9 Å². The van der Waals surface area contributed by atoms with Crippen molar-refractivity contribution in [2.75, 3.05) is 13.1 Å². The van der Waals surface area contributed by atoms with Crippen LogP contribution in [0.2, 0.25) is 10.0 Å². The summed E-state index contributed by atoms with van der Waals surface area (Å²) in [7, 11) is -3.87. The number of carbonyl (C=O) groups excluding carboxylic acids is 1. The molecule has 0 atom stereocenters. The van der Waals surface area contributed by atoms with Gasteiger partial charge in [-0.05, 0) is 31.0 Å². The van der Waals surface area contributed by atoms with Crippen LogP contribution in [-0.4, -0.2) is 31.8 Å².